The fourth-order valence-corrected chi connectivity index (χ4v) is 4.72. The van der Waals surface area contributed by atoms with Crippen LogP contribution in [-0.2, 0) is 11.2 Å². The van der Waals surface area contributed by atoms with Gasteiger partial charge in [-0.15, -0.1) is 0 Å². The molecule has 2 heterocycles. The van der Waals surface area contributed by atoms with Gasteiger partial charge in [0.05, 0.1) is 25.1 Å². The quantitative estimate of drug-likeness (QED) is 0.147. The molecule has 0 aliphatic carbocycles. The number of nitrogens with zero attached hydrogens (tertiary/aromatic N) is 1. The number of halogens is 1. The van der Waals surface area contributed by atoms with Gasteiger partial charge in [-0.3, -0.25) is 10.2 Å². The lowest BCUT2D eigenvalue weighted by Crippen LogP contribution is -2.20. The minimum atomic E-state index is -0.758. The van der Waals surface area contributed by atoms with E-state index in [9.17, 15) is 4.79 Å². The van der Waals surface area contributed by atoms with Crippen molar-refractivity contribution < 1.29 is 18.7 Å². The molecule has 3 aromatic carbocycles. The molecule has 0 radical (unpaired) electrons. The Morgan fingerprint density at radius 3 is 2.67 bits per heavy atom. The molecule has 1 unspecified atom stereocenters. The summed E-state index contributed by atoms with van der Waals surface area (Å²) in [4.78, 5) is 19.9. The predicted molar refractivity (Wildman–Crippen MR) is 151 cm³/mol. The zero-order chi connectivity index (χ0) is 28.2. The molecule has 1 aliphatic heterocycles. The van der Waals surface area contributed by atoms with E-state index >= 15 is 4.39 Å². The number of hydrogen-bond donors (Lipinski definition) is 5. The molecule has 0 saturated carbocycles. The molecule has 1 amide bonds. The largest absolute Gasteiger partial charge is 0.485 e. The van der Waals surface area contributed by atoms with Crippen LogP contribution in [0, 0.1) is 11.2 Å². The Kier molecular flexibility index (Phi) is 7.79. The van der Waals surface area contributed by atoms with Crippen LogP contribution in [0.25, 0.3) is 11.3 Å². The average molecular weight is 543 g/mol. The first-order valence-corrected chi connectivity index (χ1v) is 13.1. The molecular formula is C30H31FN6O3. The minimum Gasteiger partial charge on any atom is -0.485 e. The number of carbonyl (C=O) groups excluding carboxylic acids is 1. The summed E-state index contributed by atoms with van der Waals surface area (Å²) >= 11 is 0. The van der Waals surface area contributed by atoms with Gasteiger partial charge in [0, 0.05) is 34.4 Å². The van der Waals surface area contributed by atoms with Crippen LogP contribution in [-0.4, -0.2) is 41.0 Å². The number of aryl methyl sites for hydroxylation is 1. The van der Waals surface area contributed by atoms with Gasteiger partial charge in [0.2, 0.25) is 5.91 Å². The number of benzene rings is 3. The van der Waals surface area contributed by atoms with Crippen molar-refractivity contribution in [2.24, 2.45) is 11.5 Å². The second kappa shape index (κ2) is 11.6. The van der Waals surface area contributed by atoms with E-state index in [1.165, 1.54) is 0 Å². The van der Waals surface area contributed by atoms with Crippen LogP contribution in [0.1, 0.15) is 52.3 Å². The van der Waals surface area contributed by atoms with Crippen molar-refractivity contribution in [3.05, 3.63) is 101 Å². The number of ether oxygens (including phenoxy) is 2. The monoisotopic (exact) mass is 542 g/mol. The third-order valence-electron chi connectivity index (χ3n) is 6.89. The molecule has 40 heavy (non-hydrogen) atoms. The highest BCUT2D eigenvalue weighted by molar-refractivity contribution is 5.99. The zero-order valence-electron chi connectivity index (χ0n) is 22.0. The number of nitrogen functional groups attached to an aromatic ring is 1. The van der Waals surface area contributed by atoms with Gasteiger partial charge in [0.1, 0.15) is 23.8 Å². The van der Waals surface area contributed by atoms with Gasteiger partial charge in [0.15, 0.2) is 11.6 Å². The summed E-state index contributed by atoms with van der Waals surface area (Å²) in [6.45, 7) is 2.99. The molecule has 7 N–H and O–H groups in total. The Hall–Kier alpha value is -4.70. The number of amidine groups is 1. The van der Waals surface area contributed by atoms with Crippen molar-refractivity contribution in [3.63, 3.8) is 0 Å². The molecule has 206 valence electrons. The number of aromatic amines is 1. The lowest BCUT2D eigenvalue weighted by atomic mass is 9.99. The van der Waals surface area contributed by atoms with E-state index in [0.717, 1.165) is 5.56 Å². The van der Waals surface area contributed by atoms with Crippen LogP contribution in [0.15, 0.2) is 66.9 Å². The Morgan fingerprint density at radius 1 is 1.23 bits per heavy atom. The lowest BCUT2D eigenvalue weighted by Gasteiger charge is -2.22. The van der Waals surface area contributed by atoms with Crippen LogP contribution in [0.5, 0.6) is 5.75 Å². The standard InChI is InChI=1S/C30H31FN6O3/c1-2-17-13-23(26(31)25(14-17)40-20-11-12-39-16-20)27(36-19-9-7-18(8-10-19)28(32)33)30-35-15-24(37-30)21-5-3-4-6-22(21)29(34)38/h3-10,13-15,20,27,36H,2,11-12,16H2,1H3,(H3,32,33)(H2,34,38)(H,35,37)/t20-,27?/m1/s1. The second-order valence-electron chi connectivity index (χ2n) is 9.61. The van der Waals surface area contributed by atoms with E-state index in [-0.39, 0.29) is 17.7 Å². The summed E-state index contributed by atoms with van der Waals surface area (Å²) in [7, 11) is 0. The highest BCUT2D eigenvalue weighted by atomic mass is 19.1. The summed E-state index contributed by atoms with van der Waals surface area (Å²) in [6.07, 6.45) is 2.73. The smallest absolute Gasteiger partial charge is 0.249 e. The minimum absolute atomic E-state index is 0.0498. The normalized spacial score (nSPS) is 15.5. The van der Waals surface area contributed by atoms with Crippen molar-refractivity contribution in [1.29, 1.82) is 5.41 Å². The van der Waals surface area contributed by atoms with E-state index < -0.39 is 17.8 Å². The fourth-order valence-electron chi connectivity index (χ4n) is 4.72. The van der Waals surface area contributed by atoms with Crippen molar-refractivity contribution in [2.75, 3.05) is 18.5 Å². The van der Waals surface area contributed by atoms with Crippen LogP contribution in [0.3, 0.4) is 0 Å². The SMILES string of the molecule is CCc1cc(O[C@@H]2CCOC2)c(F)c(C(Nc2ccc(C(=N)N)cc2)c2ncc(-c3ccccc3C(N)=O)[nH]2)c1. The van der Waals surface area contributed by atoms with Crippen LogP contribution in [0.4, 0.5) is 10.1 Å². The van der Waals surface area contributed by atoms with Gasteiger partial charge in [-0.05, 0) is 48.4 Å². The summed E-state index contributed by atoms with van der Waals surface area (Å²) in [5.74, 6) is -0.531. The third-order valence-corrected chi connectivity index (χ3v) is 6.89. The second-order valence-corrected chi connectivity index (χ2v) is 9.61. The maximum Gasteiger partial charge on any atom is 0.249 e. The summed E-state index contributed by atoms with van der Waals surface area (Å²) in [5.41, 5.74) is 15.2. The number of nitrogens with one attached hydrogen (secondary N) is 3. The molecule has 1 aromatic heterocycles. The average Bonchev–Trinajstić information content (AvgIpc) is 3.66. The van der Waals surface area contributed by atoms with Gasteiger partial charge in [-0.25, -0.2) is 9.37 Å². The molecule has 1 aliphatic rings. The Bertz CT molecular complexity index is 1530. The summed E-state index contributed by atoms with van der Waals surface area (Å²) in [6, 6.07) is 16.7. The summed E-state index contributed by atoms with van der Waals surface area (Å²) in [5, 5.41) is 11.1. The first-order chi connectivity index (χ1) is 19.3. The lowest BCUT2D eigenvalue weighted by molar-refractivity contribution is 0.100. The van der Waals surface area contributed by atoms with Gasteiger partial charge in [-0.2, -0.15) is 0 Å². The van der Waals surface area contributed by atoms with Gasteiger partial charge >= 0.3 is 0 Å². The first kappa shape index (κ1) is 26.9. The van der Waals surface area contributed by atoms with Crippen molar-refractivity contribution >= 4 is 17.4 Å². The number of imidazole rings is 1. The number of carbonyl (C=O) groups is 1. The van der Waals surface area contributed by atoms with Crippen molar-refractivity contribution in [2.45, 2.75) is 31.9 Å². The van der Waals surface area contributed by atoms with E-state index in [2.05, 4.69) is 15.3 Å². The molecule has 9 nitrogen and oxygen atoms in total. The van der Waals surface area contributed by atoms with Crippen LogP contribution < -0.4 is 21.5 Å². The molecule has 0 spiro atoms. The fraction of sp³-hybridized carbons (Fsp3) is 0.233. The van der Waals surface area contributed by atoms with E-state index in [0.29, 0.717) is 65.5 Å². The Labute approximate surface area is 231 Å². The van der Waals surface area contributed by atoms with Gasteiger partial charge in [0.25, 0.3) is 0 Å². The molecular weight excluding hydrogens is 511 g/mol. The number of aromatic nitrogens is 2. The van der Waals surface area contributed by atoms with Gasteiger partial charge in [-0.1, -0.05) is 31.2 Å². The van der Waals surface area contributed by atoms with Crippen molar-refractivity contribution in [1.82, 2.24) is 9.97 Å². The molecule has 1 fully saturated rings. The summed E-state index contributed by atoms with van der Waals surface area (Å²) < 4.78 is 27.7. The number of primary amides is 1. The topological polar surface area (TPSA) is 152 Å². The number of rotatable bonds is 10. The number of nitrogens with two attached hydrogens (primary N) is 2. The maximum absolute atomic E-state index is 16.2. The number of amides is 1. The van der Waals surface area contributed by atoms with Crippen LogP contribution in [0.2, 0.25) is 0 Å². The van der Waals surface area contributed by atoms with E-state index in [1.54, 1.807) is 66.9 Å². The first-order valence-electron chi connectivity index (χ1n) is 13.1. The highest BCUT2D eigenvalue weighted by Gasteiger charge is 2.27. The molecule has 10 heteroatoms. The van der Waals surface area contributed by atoms with Crippen molar-refractivity contribution in [3.8, 4) is 17.0 Å². The van der Waals surface area contributed by atoms with Gasteiger partial charge < -0.3 is 31.2 Å². The molecule has 4 aromatic rings. The number of H-pyrrole nitrogens is 1. The number of anilines is 1. The predicted octanol–water partition coefficient (Wildman–Crippen LogP) is 4.53. The third kappa shape index (κ3) is 5.67. The Balaban J connectivity index is 1.59. The Morgan fingerprint density at radius 2 is 2.00 bits per heavy atom. The zero-order valence-corrected chi connectivity index (χ0v) is 22.0. The maximum atomic E-state index is 16.2. The molecule has 1 saturated heterocycles. The van der Waals surface area contributed by atoms with E-state index in [1.807, 2.05) is 6.92 Å². The number of hydrogen-bond acceptors (Lipinski definition) is 6. The highest BCUT2D eigenvalue weighted by Crippen LogP contribution is 2.35. The molecule has 5 rings (SSSR count). The van der Waals surface area contributed by atoms with E-state index in [4.69, 9.17) is 26.4 Å². The van der Waals surface area contributed by atoms with Crippen LogP contribution >= 0.6 is 0 Å². The molecule has 0 bridgehead atoms. The molecule has 2 atom stereocenters.